The van der Waals surface area contributed by atoms with Gasteiger partial charge < -0.3 is 4.74 Å². The molecular formula is C18H14ClFN4O. The Morgan fingerprint density at radius 2 is 1.72 bits per heavy atom. The predicted octanol–water partition coefficient (Wildman–Crippen LogP) is 4.01. The van der Waals surface area contributed by atoms with Crippen molar-refractivity contribution in [2.45, 2.75) is 18.3 Å². The van der Waals surface area contributed by atoms with Crippen molar-refractivity contribution in [3.8, 4) is 17.4 Å². The van der Waals surface area contributed by atoms with Crippen LogP contribution in [0.3, 0.4) is 0 Å². The van der Waals surface area contributed by atoms with Crippen LogP contribution in [0.15, 0.2) is 43.0 Å². The minimum Gasteiger partial charge on any atom is -0.495 e. The summed E-state index contributed by atoms with van der Waals surface area (Å²) < 4.78 is 19.4. The van der Waals surface area contributed by atoms with E-state index in [9.17, 15) is 4.39 Å². The van der Waals surface area contributed by atoms with E-state index in [2.05, 4.69) is 19.9 Å². The lowest BCUT2D eigenvalue weighted by atomic mass is 10.1. The lowest BCUT2D eigenvalue weighted by Gasteiger charge is -2.08. The monoisotopic (exact) mass is 356 g/mol. The molecule has 1 aliphatic carbocycles. The van der Waals surface area contributed by atoms with Crippen LogP contribution in [0.5, 0.6) is 5.75 Å². The summed E-state index contributed by atoms with van der Waals surface area (Å²) in [5.74, 6) is 1.39. The number of rotatable bonds is 4. The van der Waals surface area contributed by atoms with Crippen molar-refractivity contribution >= 4 is 11.6 Å². The van der Waals surface area contributed by atoms with E-state index in [4.69, 9.17) is 16.3 Å². The van der Waals surface area contributed by atoms with Gasteiger partial charge in [0, 0.05) is 24.8 Å². The normalized spacial score (nSPS) is 18.8. The van der Waals surface area contributed by atoms with E-state index in [1.54, 1.807) is 36.9 Å². The van der Waals surface area contributed by atoms with Crippen LogP contribution in [-0.4, -0.2) is 27.0 Å². The number of aromatic nitrogens is 4. The van der Waals surface area contributed by atoms with Crippen molar-refractivity contribution in [3.05, 3.63) is 65.0 Å². The quantitative estimate of drug-likeness (QED) is 0.707. The zero-order chi connectivity index (χ0) is 17.4. The molecule has 0 saturated heterocycles. The molecule has 4 rings (SSSR count). The number of hydrogen-bond acceptors (Lipinski definition) is 5. The van der Waals surface area contributed by atoms with Crippen LogP contribution in [0.1, 0.15) is 29.4 Å². The Hall–Kier alpha value is -2.60. The summed E-state index contributed by atoms with van der Waals surface area (Å²) in [6.45, 7) is 0. The topological polar surface area (TPSA) is 60.8 Å². The van der Waals surface area contributed by atoms with E-state index in [0.717, 1.165) is 12.0 Å². The molecule has 5 nitrogen and oxygen atoms in total. The molecule has 2 atom stereocenters. The van der Waals surface area contributed by atoms with Gasteiger partial charge in [-0.2, -0.15) is 0 Å². The van der Waals surface area contributed by atoms with Gasteiger partial charge in [0.05, 0.1) is 12.1 Å². The summed E-state index contributed by atoms with van der Waals surface area (Å²) in [5.41, 5.74) is 1.58. The van der Waals surface area contributed by atoms with Crippen molar-refractivity contribution in [2.24, 2.45) is 0 Å². The van der Waals surface area contributed by atoms with Crippen LogP contribution < -0.4 is 4.74 Å². The number of hydrogen-bond donors (Lipinski definition) is 0. The first kappa shape index (κ1) is 15.9. The van der Waals surface area contributed by atoms with Crippen molar-refractivity contribution in [2.75, 3.05) is 7.11 Å². The molecule has 1 aliphatic rings. The molecule has 1 fully saturated rings. The van der Waals surface area contributed by atoms with Gasteiger partial charge >= 0.3 is 0 Å². The predicted molar refractivity (Wildman–Crippen MR) is 91.1 cm³/mol. The van der Waals surface area contributed by atoms with Crippen LogP contribution in [0, 0.1) is 5.82 Å². The van der Waals surface area contributed by atoms with Crippen LogP contribution in [0.2, 0.25) is 5.02 Å². The standard InChI is InChI=1S/C18H14ClFN4O/c1-25-16-6-13(15(20)7-14(16)19)12-5-11(12)10-8-23-18(24-9-10)17-21-3-2-4-22-17/h2-4,6-9,11-12H,5H2,1H3. The molecule has 0 bridgehead atoms. The fourth-order valence-corrected chi connectivity index (χ4v) is 3.18. The van der Waals surface area contributed by atoms with E-state index in [-0.39, 0.29) is 22.7 Å². The van der Waals surface area contributed by atoms with Crippen molar-refractivity contribution < 1.29 is 9.13 Å². The zero-order valence-electron chi connectivity index (χ0n) is 13.4. The number of halogens is 2. The third-order valence-corrected chi connectivity index (χ3v) is 4.62. The van der Waals surface area contributed by atoms with E-state index in [1.165, 1.54) is 13.2 Å². The van der Waals surface area contributed by atoms with Crippen molar-refractivity contribution in [3.63, 3.8) is 0 Å². The molecule has 2 unspecified atom stereocenters. The van der Waals surface area contributed by atoms with Crippen LogP contribution >= 0.6 is 11.6 Å². The van der Waals surface area contributed by atoms with Crippen LogP contribution in [-0.2, 0) is 0 Å². The Balaban J connectivity index is 1.56. The van der Waals surface area contributed by atoms with Gasteiger partial charge in [0.25, 0.3) is 0 Å². The van der Waals surface area contributed by atoms with Gasteiger partial charge in [-0.15, -0.1) is 0 Å². The number of ether oxygens (including phenoxy) is 1. The molecule has 1 aromatic carbocycles. The highest BCUT2D eigenvalue weighted by Gasteiger charge is 2.42. The second-order valence-corrected chi connectivity index (χ2v) is 6.28. The highest BCUT2D eigenvalue weighted by atomic mass is 35.5. The van der Waals surface area contributed by atoms with Gasteiger partial charge in [-0.05, 0) is 47.6 Å². The van der Waals surface area contributed by atoms with Gasteiger partial charge in [0.2, 0.25) is 0 Å². The van der Waals surface area contributed by atoms with Crippen molar-refractivity contribution in [1.29, 1.82) is 0 Å². The summed E-state index contributed by atoms with van der Waals surface area (Å²) in [6.07, 6.45) is 7.65. The van der Waals surface area contributed by atoms with Gasteiger partial charge in [0.1, 0.15) is 11.6 Å². The first-order valence-corrected chi connectivity index (χ1v) is 8.17. The molecular weight excluding hydrogens is 343 g/mol. The Morgan fingerprint density at radius 1 is 1.04 bits per heavy atom. The Morgan fingerprint density at radius 3 is 2.40 bits per heavy atom. The largest absolute Gasteiger partial charge is 0.495 e. The summed E-state index contributed by atoms with van der Waals surface area (Å²) >= 11 is 5.96. The molecule has 3 aromatic rings. The Labute approximate surface area is 148 Å². The number of benzene rings is 1. The first-order valence-electron chi connectivity index (χ1n) is 7.79. The van der Waals surface area contributed by atoms with Crippen LogP contribution in [0.25, 0.3) is 11.6 Å². The minimum absolute atomic E-state index is 0.0774. The maximum atomic E-state index is 14.2. The molecule has 0 spiro atoms. The summed E-state index contributed by atoms with van der Waals surface area (Å²) in [5, 5.41) is 0.275. The molecule has 7 heteroatoms. The summed E-state index contributed by atoms with van der Waals surface area (Å²) in [6, 6.07) is 4.72. The molecule has 2 heterocycles. The lowest BCUT2D eigenvalue weighted by molar-refractivity contribution is 0.413. The van der Waals surface area contributed by atoms with E-state index >= 15 is 0 Å². The lowest BCUT2D eigenvalue weighted by Crippen LogP contribution is -1.96. The third kappa shape index (κ3) is 3.05. The second kappa shape index (κ2) is 6.37. The van der Waals surface area contributed by atoms with E-state index < -0.39 is 0 Å². The molecule has 1 saturated carbocycles. The first-order chi connectivity index (χ1) is 12.2. The van der Waals surface area contributed by atoms with E-state index in [0.29, 0.717) is 23.0 Å². The molecule has 0 N–H and O–H groups in total. The highest BCUT2D eigenvalue weighted by Crippen LogP contribution is 2.55. The fourth-order valence-electron chi connectivity index (χ4n) is 2.95. The number of methoxy groups -OCH3 is 1. The minimum atomic E-state index is -0.312. The molecule has 0 radical (unpaired) electrons. The second-order valence-electron chi connectivity index (χ2n) is 5.87. The Bertz CT molecular complexity index is 905. The SMILES string of the molecule is COc1cc(C2CC2c2cnc(-c3ncccn3)nc2)c(F)cc1Cl. The van der Waals surface area contributed by atoms with Crippen molar-refractivity contribution in [1.82, 2.24) is 19.9 Å². The maximum absolute atomic E-state index is 14.2. The van der Waals surface area contributed by atoms with Gasteiger partial charge in [-0.25, -0.2) is 24.3 Å². The summed E-state index contributed by atoms with van der Waals surface area (Å²) in [4.78, 5) is 16.9. The van der Waals surface area contributed by atoms with E-state index in [1.807, 2.05) is 0 Å². The average Bonchev–Trinajstić information content (AvgIpc) is 3.43. The average molecular weight is 357 g/mol. The fraction of sp³-hybridized carbons (Fsp3) is 0.222. The molecule has 0 amide bonds. The molecule has 2 aromatic heterocycles. The number of nitrogens with zero attached hydrogens (tertiary/aromatic N) is 4. The maximum Gasteiger partial charge on any atom is 0.197 e. The Kier molecular flexibility index (Phi) is 4.05. The molecule has 0 aliphatic heterocycles. The molecule has 126 valence electrons. The van der Waals surface area contributed by atoms with Crippen LogP contribution in [0.4, 0.5) is 4.39 Å². The highest BCUT2D eigenvalue weighted by molar-refractivity contribution is 6.32. The third-order valence-electron chi connectivity index (χ3n) is 4.33. The van der Waals surface area contributed by atoms with Gasteiger partial charge in [0.15, 0.2) is 11.6 Å². The molecule has 25 heavy (non-hydrogen) atoms. The van der Waals surface area contributed by atoms with Gasteiger partial charge in [-0.1, -0.05) is 11.6 Å². The smallest absolute Gasteiger partial charge is 0.197 e. The summed E-state index contributed by atoms with van der Waals surface area (Å²) in [7, 11) is 1.52. The zero-order valence-corrected chi connectivity index (χ0v) is 14.1. The van der Waals surface area contributed by atoms with Gasteiger partial charge in [-0.3, -0.25) is 0 Å².